The number of ether oxygens (including phenoxy) is 1. The minimum atomic E-state index is -4.84. The van der Waals surface area contributed by atoms with Crippen molar-refractivity contribution in [3.63, 3.8) is 0 Å². The van der Waals surface area contributed by atoms with E-state index < -0.39 is 34.1 Å². The summed E-state index contributed by atoms with van der Waals surface area (Å²) < 4.78 is 65.7. The molecule has 1 amide bonds. The molecule has 0 heterocycles. The second-order valence-electron chi connectivity index (χ2n) is 5.89. The van der Waals surface area contributed by atoms with E-state index in [1.165, 1.54) is 37.3 Å². The maximum Gasteiger partial charge on any atom is 0.573 e. The van der Waals surface area contributed by atoms with Gasteiger partial charge in [-0.15, -0.1) is 13.2 Å². The lowest BCUT2D eigenvalue weighted by Crippen LogP contribution is -2.45. The first kappa shape index (κ1) is 23.1. The second kappa shape index (κ2) is 8.68. The van der Waals surface area contributed by atoms with E-state index in [4.69, 9.17) is 23.2 Å². The largest absolute Gasteiger partial charge is 0.573 e. The number of carbonyl (C=O) groups excluding carboxylic acids is 1. The molecule has 0 radical (unpaired) electrons. The maximum absolute atomic E-state index is 12.6. The number of alkyl halides is 3. The van der Waals surface area contributed by atoms with Crippen molar-refractivity contribution in [1.29, 1.82) is 0 Å². The Labute approximate surface area is 175 Å². The molecule has 0 aliphatic carbocycles. The summed E-state index contributed by atoms with van der Waals surface area (Å²) in [6.07, 6.45) is -3.92. The number of benzene rings is 2. The molecule has 0 aliphatic rings. The molecular formula is C17H15Cl2F3N2O4S. The molecule has 1 unspecified atom stereocenters. The normalized spacial score (nSPS) is 12.9. The van der Waals surface area contributed by atoms with Crippen LogP contribution in [0.3, 0.4) is 0 Å². The van der Waals surface area contributed by atoms with Gasteiger partial charge < -0.3 is 10.1 Å². The van der Waals surface area contributed by atoms with E-state index in [9.17, 15) is 26.4 Å². The van der Waals surface area contributed by atoms with Crippen LogP contribution in [-0.2, 0) is 14.8 Å². The molecule has 29 heavy (non-hydrogen) atoms. The second-order valence-corrected chi connectivity index (χ2v) is 8.57. The van der Waals surface area contributed by atoms with E-state index >= 15 is 0 Å². The number of rotatable bonds is 6. The Hall–Kier alpha value is -2.17. The molecule has 0 spiro atoms. The molecular weight excluding hydrogens is 456 g/mol. The fraction of sp³-hybridized carbons (Fsp3) is 0.235. The zero-order valence-electron chi connectivity index (χ0n) is 15.0. The number of nitrogens with zero attached hydrogens (tertiary/aromatic N) is 1. The summed E-state index contributed by atoms with van der Waals surface area (Å²) >= 11 is 11.8. The van der Waals surface area contributed by atoms with E-state index in [0.29, 0.717) is 0 Å². The summed E-state index contributed by atoms with van der Waals surface area (Å²) in [5, 5.41) is 2.75. The predicted molar refractivity (Wildman–Crippen MR) is 105 cm³/mol. The molecule has 6 nitrogen and oxygen atoms in total. The third kappa shape index (κ3) is 6.41. The van der Waals surface area contributed by atoms with Gasteiger partial charge in [-0.1, -0.05) is 23.2 Å². The zero-order chi connectivity index (χ0) is 22.0. The van der Waals surface area contributed by atoms with Crippen LogP contribution >= 0.6 is 23.2 Å². The van der Waals surface area contributed by atoms with Crippen molar-refractivity contribution in [1.82, 2.24) is 0 Å². The van der Waals surface area contributed by atoms with Crippen LogP contribution in [0.2, 0.25) is 10.0 Å². The van der Waals surface area contributed by atoms with Crippen LogP contribution in [0.4, 0.5) is 24.5 Å². The summed E-state index contributed by atoms with van der Waals surface area (Å²) in [6, 6.07) is 7.29. The van der Waals surface area contributed by atoms with Crippen LogP contribution in [0.15, 0.2) is 42.5 Å². The minimum absolute atomic E-state index is 0.102. The molecule has 0 bridgehead atoms. The number of sulfonamides is 1. The van der Waals surface area contributed by atoms with Crippen molar-refractivity contribution in [2.45, 2.75) is 19.3 Å². The predicted octanol–water partition coefficient (Wildman–Crippen LogP) is 4.69. The van der Waals surface area contributed by atoms with Crippen molar-refractivity contribution in [2.24, 2.45) is 0 Å². The highest BCUT2D eigenvalue weighted by atomic mass is 35.5. The fourth-order valence-electron chi connectivity index (χ4n) is 2.42. The first-order valence-electron chi connectivity index (χ1n) is 7.89. The Kier molecular flexibility index (Phi) is 6.92. The van der Waals surface area contributed by atoms with Crippen molar-refractivity contribution in [3.05, 3.63) is 52.5 Å². The molecule has 0 aromatic heterocycles. The van der Waals surface area contributed by atoms with Gasteiger partial charge in [0.15, 0.2) is 0 Å². The first-order chi connectivity index (χ1) is 13.3. The lowest BCUT2D eigenvalue weighted by molar-refractivity contribution is -0.274. The Morgan fingerprint density at radius 3 is 2.17 bits per heavy atom. The number of carbonyl (C=O) groups is 1. The molecule has 0 saturated heterocycles. The molecule has 0 saturated carbocycles. The van der Waals surface area contributed by atoms with Gasteiger partial charge in [-0.25, -0.2) is 8.42 Å². The van der Waals surface area contributed by atoms with Gasteiger partial charge >= 0.3 is 6.36 Å². The summed E-state index contributed by atoms with van der Waals surface area (Å²) in [6.45, 7) is 1.35. The Morgan fingerprint density at radius 2 is 1.69 bits per heavy atom. The van der Waals surface area contributed by atoms with E-state index in [-0.39, 0.29) is 21.4 Å². The smallest absolute Gasteiger partial charge is 0.406 e. The van der Waals surface area contributed by atoms with Crippen LogP contribution in [-0.4, -0.2) is 33.0 Å². The van der Waals surface area contributed by atoms with Crippen molar-refractivity contribution < 1.29 is 31.1 Å². The van der Waals surface area contributed by atoms with Crippen LogP contribution in [0.1, 0.15) is 6.92 Å². The Bertz CT molecular complexity index is 999. The summed E-state index contributed by atoms with van der Waals surface area (Å²) in [4.78, 5) is 12.6. The highest BCUT2D eigenvalue weighted by Gasteiger charge is 2.31. The minimum Gasteiger partial charge on any atom is -0.406 e. The first-order valence-corrected chi connectivity index (χ1v) is 10.5. The molecule has 2 aromatic carbocycles. The highest BCUT2D eigenvalue weighted by molar-refractivity contribution is 7.92. The third-order valence-corrected chi connectivity index (χ3v) is 5.58. The Morgan fingerprint density at radius 1 is 1.10 bits per heavy atom. The molecule has 0 aliphatic heterocycles. The van der Waals surface area contributed by atoms with Crippen molar-refractivity contribution >= 4 is 50.5 Å². The molecule has 2 aromatic rings. The maximum atomic E-state index is 12.6. The van der Waals surface area contributed by atoms with Crippen molar-refractivity contribution in [3.8, 4) is 5.75 Å². The summed E-state index contributed by atoms with van der Waals surface area (Å²) in [5.41, 5.74) is 0.275. The van der Waals surface area contributed by atoms with Gasteiger partial charge in [-0.3, -0.25) is 9.10 Å². The number of anilines is 2. The number of hydrogen-bond donors (Lipinski definition) is 1. The Balaban J connectivity index is 2.22. The number of amides is 1. The molecule has 2 rings (SSSR count). The summed E-state index contributed by atoms with van der Waals surface area (Å²) in [5.74, 6) is -1.18. The standard InChI is InChI=1S/C17H15Cl2F3N2O4S/c1-10(24(29(2,26)27)12-5-8-14(18)15(19)9-12)16(25)23-11-3-6-13(7-4-11)28-17(20,21)22/h3-10H,1-2H3,(H,23,25). The average Bonchev–Trinajstić information content (AvgIpc) is 2.57. The van der Waals surface area contributed by atoms with Crippen LogP contribution in [0.5, 0.6) is 5.75 Å². The quantitative estimate of drug-likeness (QED) is 0.664. The SMILES string of the molecule is CC(C(=O)Nc1ccc(OC(F)(F)F)cc1)N(c1ccc(Cl)c(Cl)c1)S(C)(=O)=O. The van der Waals surface area contributed by atoms with Gasteiger partial charge in [0, 0.05) is 5.69 Å². The van der Waals surface area contributed by atoms with E-state index in [0.717, 1.165) is 22.7 Å². The molecule has 1 N–H and O–H groups in total. The topological polar surface area (TPSA) is 75.7 Å². The number of hydrogen-bond acceptors (Lipinski definition) is 4. The lowest BCUT2D eigenvalue weighted by atomic mass is 10.2. The lowest BCUT2D eigenvalue weighted by Gasteiger charge is -2.28. The van der Waals surface area contributed by atoms with Gasteiger partial charge in [0.25, 0.3) is 0 Å². The molecule has 0 fully saturated rings. The van der Waals surface area contributed by atoms with Gasteiger partial charge in [-0.2, -0.15) is 0 Å². The monoisotopic (exact) mass is 470 g/mol. The average molecular weight is 471 g/mol. The summed E-state index contributed by atoms with van der Waals surface area (Å²) in [7, 11) is -3.89. The third-order valence-electron chi connectivity index (χ3n) is 3.60. The molecule has 158 valence electrons. The highest BCUT2D eigenvalue weighted by Crippen LogP contribution is 2.30. The van der Waals surface area contributed by atoms with Gasteiger partial charge in [0.2, 0.25) is 15.9 Å². The van der Waals surface area contributed by atoms with Crippen LogP contribution < -0.4 is 14.4 Å². The molecule has 1 atom stereocenters. The van der Waals surface area contributed by atoms with Crippen LogP contribution in [0.25, 0.3) is 0 Å². The van der Waals surface area contributed by atoms with E-state index in [1.54, 1.807) is 0 Å². The van der Waals surface area contributed by atoms with E-state index in [1.807, 2.05) is 0 Å². The molecule has 12 heteroatoms. The number of nitrogens with one attached hydrogen (secondary N) is 1. The van der Waals surface area contributed by atoms with Gasteiger partial charge in [-0.05, 0) is 49.4 Å². The zero-order valence-corrected chi connectivity index (χ0v) is 17.3. The van der Waals surface area contributed by atoms with Crippen molar-refractivity contribution in [2.75, 3.05) is 15.9 Å². The van der Waals surface area contributed by atoms with E-state index in [2.05, 4.69) is 10.1 Å². The fourth-order valence-corrected chi connectivity index (χ4v) is 3.88. The van der Waals surface area contributed by atoms with Crippen LogP contribution in [0, 0.1) is 0 Å². The van der Waals surface area contributed by atoms with Gasteiger partial charge in [0.1, 0.15) is 11.8 Å². The van der Waals surface area contributed by atoms with Gasteiger partial charge in [0.05, 0.1) is 22.0 Å². The number of halogens is 5.